The molecule has 1 heterocycles. The highest BCUT2D eigenvalue weighted by Gasteiger charge is 2.21. The van der Waals surface area contributed by atoms with Crippen LogP contribution in [-0.4, -0.2) is 64.4 Å². The lowest BCUT2D eigenvalue weighted by atomic mass is 10.1. The molecule has 0 fully saturated rings. The first-order valence-electron chi connectivity index (χ1n) is 11.5. The number of esters is 1. The van der Waals surface area contributed by atoms with E-state index in [0.29, 0.717) is 12.2 Å². The maximum atomic E-state index is 12.8. The highest BCUT2D eigenvalue weighted by atomic mass is 32.2. The van der Waals surface area contributed by atoms with Crippen LogP contribution in [0.3, 0.4) is 0 Å². The van der Waals surface area contributed by atoms with Gasteiger partial charge in [-0.2, -0.15) is 0 Å². The Balaban J connectivity index is 1.61. The number of hydrogen-bond acceptors (Lipinski definition) is 9. The van der Waals surface area contributed by atoms with Crippen molar-refractivity contribution in [3.63, 3.8) is 0 Å². The van der Waals surface area contributed by atoms with Crippen LogP contribution in [0.25, 0.3) is 0 Å². The molecule has 13 heteroatoms. The first kappa shape index (κ1) is 28.8. The standard InChI is InChI=1S/C26H26N4O8S/c1-37-22-9-4-3-6-17(22)12-13-27-24(32)18-7-5-8-20(14-18)39(35,36)30-25(33)19-10-11-21(28-15-19)26(34)29-16-23(31)38-2/h3-11,14-15H,12-13,16H2,1-2H3,(H,27,32)(H,29,34)(H,30,33). The van der Waals surface area contributed by atoms with E-state index in [9.17, 15) is 27.6 Å². The smallest absolute Gasteiger partial charge is 0.325 e. The Morgan fingerprint density at radius 3 is 2.31 bits per heavy atom. The molecule has 2 aromatic carbocycles. The molecule has 3 aromatic rings. The minimum Gasteiger partial charge on any atom is -0.496 e. The number of ether oxygens (including phenoxy) is 2. The number of carbonyl (C=O) groups is 4. The number of methoxy groups -OCH3 is 2. The van der Waals surface area contributed by atoms with Crippen molar-refractivity contribution in [2.75, 3.05) is 27.3 Å². The summed E-state index contributed by atoms with van der Waals surface area (Å²) in [5, 5.41) is 5.02. The van der Waals surface area contributed by atoms with Crippen LogP contribution in [0.1, 0.15) is 36.8 Å². The molecule has 0 unspecified atom stereocenters. The topological polar surface area (TPSA) is 170 Å². The summed E-state index contributed by atoms with van der Waals surface area (Å²) in [5.74, 6) is -2.12. The van der Waals surface area contributed by atoms with Crippen LogP contribution in [0.15, 0.2) is 71.8 Å². The summed E-state index contributed by atoms with van der Waals surface area (Å²) in [6.07, 6.45) is 1.52. The fourth-order valence-electron chi connectivity index (χ4n) is 3.34. The third-order valence-electron chi connectivity index (χ3n) is 5.39. The van der Waals surface area contributed by atoms with Gasteiger partial charge in [0, 0.05) is 18.3 Å². The van der Waals surface area contributed by atoms with E-state index in [0.717, 1.165) is 17.8 Å². The molecule has 0 bridgehead atoms. The van der Waals surface area contributed by atoms with Crippen molar-refractivity contribution in [1.82, 2.24) is 20.3 Å². The van der Waals surface area contributed by atoms with Gasteiger partial charge in [0.25, 0.3) is 27.7 Å². The number of carbonyl (C=O) groups excluding carboxylic acids is 4. The third-order valence-corrected chi connectivity index (χ3v) is 6.71. The first-order valence-corrected chi connectivity index (χ1v) is 13.0. The van der Waals surface area contributed by atoms with Gasteiger partial charge in [-0.3, -0.25) is 24.2 Å². The molecule has 0 aliphatic rings. The molecule has 3 amide bonds. The predicted molar refractivity (Wildman–Crippen MR) is 139 cm³/mol. The van der Waals surface area contributed by atoms with E-state index in [2.05, 4.69) is 20.4 Å². The molecule has 0 aliphatic carbocycles. The molecule has 0 aliphatic heterocycles. The second-order valence-electron chi connectivity index (χ2n) is 7.97. The molecular weight excluding hydrogens is 528 g/mol. The zero-order chi connectivity index (χ0) is 28.4. The summed E-state index contributed by atoms with van der Waals surface area (Å²) in [5.41, 5.74) is 0.772. The lowest BCUT2D eigenvalue weighted by Crippen LogP contribution is -2.32. The van der Waals surface area contributed by atoms with Gasteiger partial charge >= 0.3 is 5.97 Å². The van der Waals surface area contributed by atoms with Crippen molar-refractivity contribution in [3.8, 4) is 5.75 Å². The Kier molecular flexibility index (Phi) is 9.70. The number of hydrogen-bond donors (Lipinski definition) is 3. The van der Waals surface area contributed by atoms with Gasteiger partial charge in [0.2, 0.25) is 0 Å². The maximum Gasteiger partial charge on any atom is 0.325 e. The normalized spacial score (nSPS) is 10.7. The molecule has 0 atom stereocenters. The van der Waals surface area contributed by atoms with Crippen LogP contribution in [0, 0.1) is 0 Å². The van der Waals surface area contributed by atoms with Crippen molar-refractivity contribution < 1.29 is 37.1 Å². The minimum atomic E-state index is -4.34. The van der Waals surface area contributed by atoms with Crippen LogP contribution in [0.2, 0.25) is 0 Å². The van der Waals surface area contributed by atoms with E-state index >= 15 is 0 Å². The maximum absolute atomic E-state index is 12.8. The number of benzene rings is 2. The Bertz CT molecular complexity index is 1470. The first-order chi connectivity index (χ1) is 18.6. The average Bonchev–Trinajstić information content (AvgIpc) is 2.95. The predicted octanol–water partition coefficient (Wildman–Crippen LogP) is 1.08. The van der Waals surface area contributed by atoms with E-state index in [-0.39, 0.29) is 34.8 Å². The fraction of sp³-hybridized carbons (Fsp3) is 0.192. The fourth-order valence-corrected chi connectivity index (χ4v) is 4.36. The summed E-state index contributed by atoms with van der Waals surface area (Å²) in [4.78, 5) is 51.8. The number of rotatable bonds is 11. The lowest BCUT2D eigenvalue weighted by molar-refractivity contribution is -0.139. The molecular formula is C26H26N4O8S. The van der Waals surface area contributed by atoms with Gasteiger partial charge in [-0.05, 0) is 48.4 Å². The summed E-state index contributed by atoms with van der Waals surface area (Å²) in [6.45, 7) is -0.0764. The monoisotopic (exact) mass is 554 g/mol. The lowest BCUT2D eigenvalue weighted by Gasteiger charge is -2.10. The van der Waals surface area contributed by atoms with E-state index in [1.807, 2.05) is 29.0 Å². The second-order valence-corrected chi connectivity index (χ2v) is 9.65. The number of amides is 3. The van der Waals surface area contributed by atoms with E-state index in [1.165, 1.54) is 37.4 Å². The Morgan fingerprint density at radius 2 is 1.62 bits per heavy atom. The zero-order valence-electron chi connectivity index (χ0n) is 21.1. The molecule has 39 heavy (non-hydrogen) atoms. The molecule has 12 nitrogen and oxygen atoms in total. The molecule has 0 saturated heterocycles. The van der Waals surface area contributed by atoms with Gasteiger partial charge in [0.05, 0.1) is 24.7 Å². The van der Waals surface area contributed by atoms with E-state index in [1.54, 1.807) is 7.11 Å². The average molecular weight is 555 g/mol. The molecule has 0 radical (unpaired) electrons. The van der Waals surface area contributed by atoms with Crippen molar-refractivity contribution in [2.24, 2.45) is 0 Å². The van der Waals surface area contributed by atoms with Crippen molar-refractivity contribution >= 4 is 33.7 Å². The van der Waals surface area contributed by atoms with Crippen LogP contribution in [0.5, 0.6) is 5.75 Å². The third kappa shape index (κ3) is 7.85. The number of nitrogens with zero attached hydrogens (tertiary/aromatic N) is 1. The van der Waals surface area contributed by atoms with Gasteiger partial charge in [-0.25, -0.2) is 13.1 Å². The van der Waals surface area contributed by atoms with E-state index in [4.69, 9.17) is 4.74 Å². The van der Waals surface area contributed by atoms with Gasteiger partial charge in [-0.15, -0.1) is 0 Å². The van der Waals surface area contributed by atoms with Crippen LogP contribution < -0.4 is 20.1 Å². The van der Waals surface area contributed by atoms with Gasteiger partial charge in [-0.1, -0.05) is 24.3 Å². The summed E-state index contributed by atoms with van der Waals surface area (Å²) in [7, 11) is -1.61. The van der Waals surface area contributed by atoms with Gasteiger partial charge < -0.3 is 20.1 Å². The van der Waals surface area contributed by atoms with Crippen LogP contribution in [0.4, 0.5) is 0 Å². The molecule has 204 valence electrons. The van der Waals surface area contributed by atoms with Crippen molar-refractivity contribution in [1.29, 1.82) is 0 Å². The van der Waals surface area contributed by atoms with Gasteiger partial charge in [0.15, 0.2) is 0 Å². The number of para-hydroxylation sites is 1. The molecule has 0 spiro atoms. The number of pyridine rings is 1. The highest BCUT2D eigenvalue weighted by molar-refractivity contribution is 7.90. The zero-order valence-corrected chi connectivity index (χ0v) is 21.9. The van der Waals surface area contributed by atoms with Gasteiger partial charge in [0.1, 0.15) is 18.0 Å². The van der Waals surface area contributed by atoms with Crippen LogP contribution >= 0.6 is 0 Å². The summed E-state index contributed by atoms with van der Waals surface area (Å²) < 4.78 is 37.2. The van der Waals surface area contributed by atoms with Crippen LogP contribution in [-0.2, 0) is 26.0 Å². The second kappa shape index (κ2) is 13.1. The summed E-state index contributed by atoms with van der Waals surface area (Å²) in [6, 6.07) is 15.0. The minimum absolute atomic E-state index is 0.0920. The Labute approximate surface area is 224 Å². The van der Waals surface area contributed by atoms with E-state index < -0.39 is 33.7 Å². The molecule has 0 saturated carbocycles. The highest BCUT2D eigenvalue weighted by Crippen LogP contribution is 2.17. The molecule has 1 aromatic heterocycles. The SMILES string of the molecule is COC(=O)CNC(=O)c1ccc(C(=O)NS(=O)(=O)c2cccc(C(=O)NCCc3ccccc3OC)c2)cn1. The Hall–Kier alpha value is -4.78. The largest absolute Gasteiger partial charge is 0.496 e. The number of aromatic nitrogens is 1. The Morgan fingerprint density at radius 1 is 0.846 bits per heavy atom. The number of sulfonamides is 1. The quantitative estimate of drug-likeness (QED) is 0.294. The number of nitrogens with one attached hydrogen (secondary N) is 3. The van der Waals surface area contributed by atoms with Crippen molar-refractivity contribution in [3.05, 3.63) is 89.2 Å². The molecule has 3 rings (SSSR count). The molecule has 3 N–H and O–H groups in total. The summed E-state index contributed by atoms with van der Waals surface area (Å²) >= 11 is 0. The van der Waals surface area contributed by atoms with Crippen molar-refractivity contribution in [2.45, 2.75) is 11.3 Å².